The highest BCUT2D eigenvalue weighted by molar-refractivity contribution is 6.08. The molecule has 5 nitrogen and oxygen atoms in total. The van der Waals surface area contributed by atoms with Crippen molar-refractivity contribution in [2.45, 2.75) is 101 Å². The lowest BCUT2D eigenvalue weighted by molar-refractivity contribution is -0.00923. The van der Waals surface area contributed by atoms with Crippen LogP contribution in [0.1, 0.15) is 94.6 Å². The number of rotatable bonds is 2. The maximum absolute atomic E-state index is 11.9. The van der Waals surface area contributed by atoms with Crippen LogP contribution in [0.2, 0.25) is 0 Å². The van der Waals surface area contributed by atoms with Crippen molar-refractivity contribution in [3.8, 4) is 0 Å². The highest BCUT2D eigenvalue weighted by Gasteiger charge is 2.50. The Morgan fingerprint density at radius 3 is 1.53 bits per heavy atom. The Kier molecular flexibility index (Phi) is 5.61. The van der Waals surface area contributed by atoms with Crippen molar-refractivity contribution in [2.24, 2.45) is 11.8 Å². The van der Waals surface area contributed by atoms with Gasteiger partial charge in [-0.05, 0) is 109 Å². The molecule has 0 aromatic heterocycles. The molecule has 0 saturated heterocycles. The predicted molar refractivity (Wildman–Crippen MR) is 179 cm³/mol. The quantitative estimate of drug-likeness (QED) is 0.166. The lowest BCUT2D eigenvalue weighted by atomic mass is 9.57. The van der Waals surface area contributed by atoms with Crippen LogP contribution in [0.15, 0.2) is 60.7 Å². The van der Waals surface area contributed by atoms with Gasteiger partial charge in [0, 0.05) is 45.4 Å². The van der Waals surface area contributed by atoms with E-state index < -0.39 is 6.10 Å². The van der Waals surface area contributed by atoms with Crippen molar-refractivity contribution < 1.29 is 5.11 Å². The summed E-state index contributed by atoms with van der Waals surface area (Å²) in [5.74, 6) is 1.34. The molecule has 5 heteroatoms. The van der Waals surface area contributed by atoms with E-state index in [0.29, 0.717) is 5.92 Å². The molecular formula is C38H44N4O. The Labute approximate surface area is 254 Å². The molecule has 3 saturated carbocycles. The maximum Gasteiger partial charge on any atom is 0.108 e. The molecule has 2 aliphatic heterocycles. The van der Waals surface area contributed by atoms with Gasteiger partial charge < -0.3 is 26.4 Å². The zero-order chi connectivity index (χ0) is 28.9. The predicted octanol–water partition coefficient (Wildman–Crippen LogP) is 9.11. The maximum atomic E-state index is 11.9. The van der Waals surface area contributed by atoms with Crippen molar-refractivity contribution >= 4 is 44.3 Å². The first-order valence-electron chi connectivity index (χ1n) is 16.9. The van der Waals surface area contributed by atoms with E-state index >= 15 is 0 Å². The van der Waals surface area contributed by atoms with E-state index in [-0.39, 0.29) is 23.2 Å². The van der Waals surface area contributed by atoms with E-state index in [9.17, 15) is 5.11 Å². The van der Waals surface area contributed by atoms with E-state index in [4.69, 9.17) is 0 Å². The van der Waals surface area contributed by atoms with E-state index in [1.165, 1.54) is 87.5 Å². The van der Waals surface area contributed by atoms with E-state index in [0.717, 1.165) is 31.6 Å². The van der Waals surface area contributed by atoms with Crippen LogP contribution in [0.25, 0.3) is 21.5 Å². The van der Waals surface area contributed by atoms with Crippen molar-refractivity contribution in [1.29, 1.82) is 0 Å². The molecule has 0 radical (unpaired) electrons. The highest BCUT2D eigenvalue weighted by Crippen LogP contribution is 2.57. The van der Waals surface area contributed by atoms with Crippen LogP contribution in [0, 0.1) is 11.8 Å². The number of aliphatic hydroxyl groups excluding tert-OH is 1. The topological polar surface area (TPSA) is 68.3 Å². The zero-order valence-corrected chi connectivity index (χ0v) is 25.5. The second-order valence-electron chi connectivity index (χ2n) is 14.7. The fourth-order valence-corrected chi connectivity index (χ4v) is 9.72. The molecule has 4 aromatic rings. The summed E-state index contributed by atoms with van der Waals surface area (Å²) in [6.45, 7) is 4.72. The number of benzene rings is 4. The third-order valence-corrected chi connectivity index (χ3v) is 12.1. The Bertz CT molecular complexity index is 1710. The number of aliphatic hydroxyl groups is 1. The van der Waals surface area contributed by atoms with E-state index in [2.05, 4.69) is 95.8 Å². The molecule has 5 N–H and O–H groups in total. The minimum Gasteiger partial charge on any atom is -0.392 e. The Hall–Kier alpha value is -3.44. The van der Waals surface area contributed by atoms with Crippen LogP contribution in [-0.2, 0) is 0 Å². The van der Waals surface area contributed by atoms with Crippen molar-refractivity contribution in [3.05, 3.63) is 71.8 Å². The van der Waals surface area contributed by atoms with Crippen LogP contribution in [-0.4, -0.2) is 22.5 Å². The Balaban J connectivity index is 1.05. The average molecular weight is 573 g/mol. The van der Waals surface area contributed by atoms with Gasteiger partial charge in [0.1, 0.15) is 11.3 Å². The van der Waals surface area contributed by atoms with Crippen molar-refractivity contribution in [1.82, 2.24) is 0 Å². The first-order chi connectivity index (χ1) is 20.9. The number of nitrogens with one attached hydrogen (secondary N) is 4. The minimum absolute atomic E-state index is 0.0250. The molecule has 222 valence electrons. The molecule has 2 heterocycles. The molecule has 3 aliphatic carbocycles. The van der Waals surface area contributed by atoms with Gasteiger partial charge in [0.05, 0.1) is 6.10 Å². The number of anilines is 4. The van der Waals surface area contributed by atoms with Crippen LogP contribution < -0.4 is 21.3 Å². The van der Waals surface area contributed by atoms with Gasteiger partial charge in [-0.3, -0.25) is 0 Å². The Morgan fingerprint density at radius 1 is 0.581 bits per heavy atom. The van der Waals surface area contributed by atoms with Gasteiger partial charge in [-0.25, -0.2) is 0 Å². The van der Waals surface area contributed by atoms with Gasteiger partial charge in [-0.2, -0.15) is 0 Å². The summed E-state index contributed by atoms with van der Waals surface area (Å²) < 4.78 is 0. The van der Waals surface area contributed by atoms with Gasteiger partial charge in [-0.1, -0.05) is 56.7 Å². The lowest BCUT2D eigenvalue weighted by Gasteiger charge is -2.50. The molecule has 9 rings (SSSR count). The third kappa shape index (κ3) is 3.79. The fraction of sp³-hybridized carbons (Fsp3) is 0.474. The largest absolute Gasteiger partial charge is 0.392 e. The molecule has 5 aliphatic rings. The van der Waals surface area contributed by atoms with Gasteiger partial charge in [0.25, 0.3) is 0 Å². The third-order valence-electron chi connectivity index (χ3n) is 12.1. The van der Waals surface area contributed by atoms with Gasteiger partial charge >= 0.3 is 0 Å². The number of hydrogen-bond acceptors (Lipinski definition) is 5. The van der Waals surface area contributed by atoms with Crippen LogP contribution >= 0.6 is 0 Å². The summed E-state index contributed by atoms with van der Waals surface area (Å²) in [7, 11) is 0. The molecule has 0 amide bonds. The van der Waals surface area contributed by atoms with Crippen LogP contribution in [0.5, 0.6) is 0 Å². The smallest absolute Gasteiger partial charge is 0.108 e. The summed E-state index contributed by atoms with van der Waals surface area (Å²) in [4.78, 5) is 0. The summed E-state index contributed by atoms with van der Waals surface area (Å²) in [6, 6.07) is 22.6. The average Bonchev–Trinajstić information content (AvgIpc) is 3.02. The molecule has 43 heavy (non-hydrogen) atoms. The van der Waals surface area contributed by atoms with Crippen molar-refractivity contribution in [2.75, 3.05) is 21.3 Å². The second-order valence-corrected chi connectivity index (χ2v) is 14.7. The Morgan fingerprint density at radius 2 is 1.05 bits per heavy atom. The zero-order valence-electron chi connectivity index (χ0n) is 25.5. The molecule has 4 atom stereocenters. The lowest BCUT2D eigenvalue weighted by Crippen LogP contribution is -2.50. The molecular weight excluding hydrogens is 528 g/mol. The first kappa shape index (κ1) is 26.0. The number of hydrogen-bond donors (Lipinski definition) is 5. The molecule has 4 unspecified atom stereocenters. The molecule has 3 fully saturated rings. The summed E-state index contributed by atoms with van der Waals surface area (Å²) in [5, 5.41) is 32.7. The van der Waals surface area contributed by atoms with E-state index in [1.807, 2.05) is 0 Å². The molecule has 0 bridgehead atoms. The van der Waals surface area contributed by atoms with Gasteiger partial charge in [0.2, 0.25) is 0 Å². The highest BCUT2D eigenvalue weighted by atomic mass is 16.3. The minimum atomic E-state index is -0.422. The van der Waals surface area contributed by atoms with Gasteiger partial charge in [-0.15, -0.1) is 0 Å². The molecule has 2 spiro atoms. The van der Waals surface area contributed by atoms with Crippen LogP contribution in [0.3, 0.4) is 0 Å². The SMILES string of the molecule is CC1CCC2(CC1)Nc1cccc3c(C4C(C)C(c5ccc6c7c(cccc57)NC5(CCCCC5)N6)C4O)ccc(c13)N2. The fourth-order valence-electron chi connectivity index (χ4n) is 9.72. The summed E-state index contributed by atoms with van der Waals surface area (Å²) >= 11 is 0. The molecule has 4 aromatic carbocycles. The summed E-state index contributed by atoms with van der Waals surface area (Å²) in [6.07, 6.45) is 10.5. The van der Waals surface area contributed by atoms with Crippen molar-refractivity contribution in [3.63, 3.8) is 0 Å². The van der Waals surface area contributed by atoms with E-state index in [1.54, 1.807) is 0 Å². The first-order valence-corrected chi connectivity index (χ1v) is 16.9. The monoisotopic (exact) mass is 572 g/mol. The van der Waals surface area contributed by atoms with Crippen LogP contribution in [0.4, 0.5) is 22.7 Å². The summed E-state index contributed by atoms with van der Waals surface area (Å²) in [5.41, 5.74) is 7.43. The second kappa shape index (κ2) is 9.28. The normalized spacial score (nSPS) is 32.0. The van der Waals surface area contributed by atoms with Gasteiger partial charge in [0.15, 0.2) is 0 Å². The standard InChI is InChI=1S/C38H44N4O/c1-22-16-20-38(21-17-22)40-29-11-7-9-25-27(13-15-31(42-38)35(25)29)33-23(2)32(36(33)43)26-12-14-30-34-24(26)8-6-10-28(34)39-37(41-30)18-4-3-5-19-37/h6-15,22-23,32-33,36,39-43H,3-5,16-21H2,1-2H3.